The zero-order valence-corrected chi connectivity index (χ0v) is 11.9. The monoisotopic (exact) mass is 300 g/mol. The van der Waals surface area contributed by atoms with E-state index in [0.29, 0.717) is 22.1 Å². The van der Waals surface area contributed by atoms with Gasteiger partial charge in [-0.3, -0.25) is 9.82 Å². The fourth-order valence-electron chi connectivity index (χ4n) is 1.63. The molecule has 8 heteroatoms. The molecule has 2 aromatic rings. The number of nitrogen functional groups attached to an aromatic ring is 1. The van der Waals surface area contributed by atoms with Crippen molar-refractivity contribution in [2.75, 3.05) is 10.5 Å². The molecule has 6 nitrogen and oxygen atoms in total. The second kappa shape index (κ2) is 4.75. The lowest BCUT2D eigenvalue weighted by atomic mass is 10.3. The Labute approximate surface area is 116 Å². The summed E-state index contributed by atoms with van der Waals surface area (Å²) in [6.45, 7) is 3.42. The van der Waals surface area contributed by atoms with Gasteiger partial charge in [0, 0.05) is 5.02 Å². The summed E-state index contributed by atoms with van der Waals surface area (Å²) in [7, 11) is -3.80. The number of H-pyrrole nitrogens is 1. The molecule has 1 heterocycles. The Morgan fingerprint density at radius 2 is 2.05 bits per heavy atom. The van der Waals surface area contributed by atoms with Gasteiger partial charge in [0.25, 0.3) is 10.0 Å². The maximum atomic E-state index is 12.3. The highest BCUT2D eigenvalue weighted by Gasteiger charge is 2.20. The molecule has 102 valence electrons. The van der Waals surface area contributed by atoms with E-state index in [0.717, 1.165) is 0 Å². The summed E-state index contributed by atoms with van der Waals surface area (Å²) in [6.07, 6.45) is 0. The number of halogens is 1. The molecule has 19 heavy (non-hydrogen) atoms. The molecule has 4 N–H and O–H groups in total. The molecule has 0 bridgehead atoms. The summed E-state index contributed by atoms with van der Waals surface area (Å²) < 4.78 is 27.0. The SMILES string of the molecule is Cc1n[nH]c(C)c1NS(=O)(=O)c1cc(Cl)ccc1N. The van der Waals surface area contributed by atoms with Gasteiger partial charge in [-0.05, 0) is 32.0 Å². The van der Waals surface area contributed by atoms with Gasteiger partial charge in [-0.15, -0.1) is 0 Å². The number of nitrogens with zero attached hydrogens (tertiary/aromatic N) is 1. The van der Waals surface area contributed by atoms with Crippen LogP contribution in [0.5, 0.6) is 0 Å². The average Bonchev–Trinajstić information content (AvgIpc) is 2.63. The summed E-state index contributed by atoms with van der Waals surface area (Å²) in [5, 5.41) is 6.93. The predicted octanol–water partition coefficient (Wildman–Crippen LogP) is 2.06. The van der Waals surface area contributed by atoms with E-state index in [9.17, 15) is 8.42 Å². The summed E-state index contributed by atoms with van der Waals surface area (Å²) in [4.78, 5) is -0.0556. The van der Waals surface area contributed by atoms with E-state index in [1.807, 2.05) is 0 Å². The van der Waals surface area contributed by atoms with Crippen LogP contribution in [-0.4, -0.2) is 18.6 Å². The van der Waals surface area contributed by atoms with Crippen LogP contribution in [0.2, 0.25) is 5.02 Å². The highest BCUT2D eigenvalue weighted by atomic mass is 35.5. The van der Waals surface area contributed by atoms with Crippen molar-refractivity contribution >= 4 is 33.0 Å². The van der Waals surface area contributed by atoms with E-state index in [1.54, 1.807) is 13.8 Å². The predicted molar refractivity (Wildman–Crippen MR) is 74.7 cm³/mol. The minimum atomic E-state index is -3.80. The number of sulfonamides is 1. The Morgan fingerprint density at radius 3 is 2.63 bits per heavy atom. The first kappa shape index (κ1) is 13.7. The van der Waals surface area contributed by atoms with Crippen LogP contribution in [0.1, 0.15) is 11.4 Å². The Balaban J connectivity index is 2.47. The fraction of sp³-hybridized carbons (Fsp3) is 0.182. The molecule has 0 amide bonds. The lowest BCUT2D eigenvalue weighted by molar-refractivity contribution is 0.601. The van der Waals surface area contributed by atoms with Crippen molar-refractivity contribution in [2.24, 2.45) is 0 Å². The van der Waals surface area contributed by atoms with E-state index in [1.165, 1.54) is 18.2 Å². The van der Waals surface area contributed by atoms with Gasteiger partial charge in [-0.2, -0.15) is 5.10 Å². The average molecular weight is 301 g/mol. The van der Waals surface area contributed by atoms with Crippen molar-refractivity contribution in [1.82, 2.24) is 10.2 Å². The number of aromatic nitrogens is 2. The lowest BCUT2D eigenvalue weighted by Gasteiger charge is -2.10. The van der Waals surface area contributed by atoms with E-state index >= 15 is 0 Å². The van der Waals surface area contributed by atoms with Gasteiger partial charge in [-0.25, -0.2) is 8.42 Å². The molecule has 0 atom stereocenters. The van der Waals surface area contributed by atoms with Crippen molar-refractivity contribution in [3.63, 3.8) is 0 Å². The number of hydrogen-bond acceptors (Lipinski definition) is 4. The van der Waals surface area contributed by atoms with Crippen LogP contribution in [0.15, 0.2) is 23.1 Å². The van der Waals surface area contributed by atoms with Crippen molar-refractivity contribution in [3.8, 4) is 0 Å². The van der Waals surface area contributed by atoms with Crippen molar-refractivity contribution in [1.29, 1.82) is 0 Å². The van der Waals surface area contributed by atoms with Crippen LogP contribution in [0, 0.1) is 13.8 Å². The zero-order chi connectivity index (χ0) is 14.2. The molecular formula is C11H13ClN4O2S. The second-order valence-corrected chi connectivity index (χ2v) is 6.18. The number of rotatable bonds is 3. The quantitative estimate of drug-likeness (QED) is 0.755. The highest BCUT2D eigenvalue weighted by molar-refractivity contribution is 7.92. The number of hydrogen-bond donors (Lipinski definition) is 3. The minimum absolute atomic E-state index is 0.0556. The fourth-order valence-corrected chi connectivity index (χ4v) is 3.21. The van der Waals surface area contributed by atoms with Gasteiger partial charge < -0.3 is 5.73 Å². The van der Waals surface area contributed by atoms with Crippen molar-refractivity contribution in [3.05, 3.63) is 34.6 Å². The molecule has 0 radical (unpaired) electrons. The van der Waals surface area contributed by atoms with Crippen LogP contribution < -0.4 is 10.5 Å². The van der Waals surface area contributed by atoms with E-state index in [2.05, 4.69) is 14.9 Å². The van der Waals surface area contributed by atoms with E-state index in [-0.39, 0.29) is 10.6 Å². The van der Waals surface area contributed by atoms with E-state index < -0.39 is 10.0 Å². The van der Waals surface area contributed by atoms with Crippen molar-refractivity contribution in [2.45, 2.75) is 18.7 Å². The Bertz CT molecular complexity index is 705. The lowest BCUT2D eigenvalue weighted by Crippen LogP contribution is -2.15. The van der Waals surface area contributed by atoms with Gasteiger partial charge in [0.05, 0.1) is 22.8 Å². The molecule has 0 fully saturated rings. The Morgan fingerprint density at radius 1 is 1.37 bits per heavy atom. The van der Waals surface area contributed by atoms with Crippen LogP contribution in [0.3, 0.4) is 0 Å². The third kappa shape index (κ3) is 2.66. The molecular weight excluding hydrogens is 288 g/mol. The van der Waals surface area contributed by atoms with Crippen LogP contribution in [-0.2, 0) is 10.0 Å². The molecule has 1 aromatic heterocycles. The molecule has 0 unspecified atom stereocenters. The standard InChI is InChI=1S/C11H13ClN4O2S/c1-6-11(7(2)15-14-6)16-19(17,18)10-5-8(12)3-4-9(10)13/h3-5,16H,13H2,1-2H3,(H,14,15). The molecule has 0 aliphatic heterocycles. The summed E-state index contributed by atoms with van der Waals surface area (Å²) in [6, 6.07) is 4.29. The number of nitrogens with two attached hydrogens (primary N) is 1. The smallest absolute Gasteiger partial charge is 0.264 e. The van der Waals surface area contributed by atoms with Gasteiger partial charge in [0.1, 0.15) is 4.90 Å². The molecule has 0 saturated carbocycles. The van der Waals surface area contributed by atoms with Gasteiger partial charge in [-0.1, -0.05) is 11.6 Å². The summed E-state index contributed by atoms with van der Waals surface area (Å²) in [5.74, 6) is 0. The Hall–Kier alpha value is -1.73. The van der Waals surface area contributed by atoms with Crippen molar-refractivity contribution < 1.29 is 8.42 Å². The third-order valence-corrected chi connectivity index (χ3v) is 4.27. The minimum Gasteiger partial charge on any atom is -0.398 e. The molecule has 0 aliphatic rings. The van der Waals surface area contributed by atoms with Gasteiger partial charge in [0.15, 0.2) is 0 Å². The van der Waals surface area contributed by atoms with E-state index in [4.69, 9.17) is 17.3 Å². The highest BCUT2D eigenvalue weighted by Crippen LogP contribution is 2.26. The maximum Gasteiger partial charge on any atom is 0.264 e. The first-order valence-electron chi connectivity index (χ1n) is 5.40. The van der Waals surface area contributed by atoms with Crippen LogP contribution in [0.25, 0.3) is 0 Å². The Kier molecular flexibility index (Phi) is 3.42. The zero-order valence-electron chi connectivity index (χ0n) is 10.4. The normalized spacial score (nSPS) is 11.5. The molecule has 0 aliphatic carbocycles. The van der Waals surface area contributed by atoms with Gasteiger partial charge in [0.2, 0.25) is 0 Å². The first-order valence-corrected chi connectivity index (χ1v) is 7.27. The summed E-state index contributed by atoms with van der Waals surface area (Å²) in [5.41, 5.74) is 7.41. The van der Waals surface area contributed by atoms with Crippen LogP contribution in [0.4, 0.5) is 11.4 Å². The molecule has 0 saturated heterocycles. The maximum absolute atomic E-state index is 12.3. The first-order chi connectivity index (χ1) is 8.81. The third-order valence-electron chi connectivity index (χ3n) is 2.63. The number of aryl methyl sites for hydroxylation is 2. The molecule has 1 aromatic carbocycles. The van der Waals surface area contributed by atoms with Gasteiger partial charge >= 0.3 is 0 Å². The number of aromatic amines is 1. The molecule has 2 rings (SSSR count). The van der Waals surface area contributed by atoms with Crippen LogP contribution >= 0.6 is 11.6 Å². The topological polar surface area (TPSA) is 101 Å². The second-order valence-electron chi connectivity index (χ2n) is 4.10. The largest absolute Gasteiger partial charge is 0.398 e. The number of benzene rings is 1. The number of anilines is 2. The summed E-state index contributed by atoms with van der Waals surface area (Å²) >= 11 is 5.80. The molecule has 0 spiro atoms. The number of nitrogens with one attached hydrogen (secondary N) is 2.